The molecule has 4 rings (SSSR count). The van der Waals surface area contributed by atoms with Crippen molar-refractivity contribution in [3.8, 4) is 11.8 Å². The Morgan fingerprint density at radius 1 is 1.02 bits per heavy atom. The van der Waals surface area contributed by atoms with Gasteiger partial charge in [0, 0.05) is 49.5 Å². The van der Waals surface area contributed by atoms with Gasteiger partial charge in [-0.15, -0.1) is 0 Å². The highest BCUT2D eigenvalue weighted by molar-refractivity contribution is 7.16. The number of nitrogens with one attached hydrogen (secondary N) is 2. The van der Waals surface area contributed by atoms with E-state index in [2.05, 4.69) is 32.4 Å². The number of anilines is 2. The largest absolute Gasteiger partial charge is 0.444 e. The number of nitrogens with zero attached hydrogens (tertiary/aromatic N) is 3. The van der Waals surface area contributed by atoms with Crippen LogP contribution in [0.3, 0.4) is 0 Å². The number of aromatic nitrogens is 1. The Balaban J connectivity index is 1.46. The number of carbonyl (C=O) groups excluding carboxylic acids is 2. The maximum atomic E-state index is 14.0. The van der Waals surface area contributed by atoms with E-state index in [4.69, 9.17) is 4.74 Å². The summed E-state index contributed by atoms with van der Waals surface area (Å²) >= 11 is 1.17. The second-order valence-corrected chi connectivity index (χ2v) is 12.4. The van der Waals surface area contributed by atoms with Crippen LogP contribution in [0, 0.1) is 18.8 Å². The second kappa shape index (κ2) is 13.2. The van der Waals surface area contributed by atoms with Crippen molar-refractivity contribution in [2.45, 2.75) is 46.0 Å². The normalized spacial score (nSPS) is 14.5. The maximum absolute atomic E-state index is 14.0. The Morgan fingerprint density at radius 2 is 1.74 bits per heavy atom. The van der Waals surface area contributed by atoms with E-state index in [1.54, 1.807) is 39.0 Å². The molecule has 0 atom stereocenters. The molecule has 0 unspecified atom stereocenters. The Bertz CT molecular complexity index is 1540. The van der Waals surface area contributed by atoms with E-state index in [0.29, 0.717) is 28.7 Å². The van der Waals surface area contributed by atoms with Gasteiger partial charge in [0.15, 0.2) is 5.13 Å². The van der Waals surface area contributed by atoms with Gasteiger partial charge in [0.2, 0.25) is 0 Å². The Kier molecular flexibility index (Phi) is 9.79. The fraction of sp³-hybridized carbons (Fsp3) is 0.387. The van der Waals surface area contributed by atoms with Crippen LogP contribution in [0.25, 0.3) is 0 Å². The minimum Gasteiger partial charge on any atom is -0.444 e. The highest BCUT2D eigenvalue weighted by Crippen LogP contribution is 2.35. The van der Waals surface area contributed by atoms with E-state index >= 15 is 0 Å². The summed E-state index contributed by atoms with van der Waals surface area (Å²) in [7, 11) is 1.99. The van der Waals surface area contributed by atoms with Gasteiger partial charge in [0.25, 0.3) is 5.91 Å². The van der Waals surface area contributed by atoms with E-state index in [-0.39, 0.29) is 23.4 Å². The molecule has 43 heavy (non-hydrogen) atoms. The number of piperazine rings is 1. The van der Waals surface area contributed by atoms with Crippen LogP contribution in [-0.2, 0) is 17.5 Å². The third-order valence-electron chi connectivity index (χ3n) is 6.60. The van der Waals surface area contributed by atoms with Crippen LogP contribution in [0.4, 0.5) is 28.8 Å². The van der Waals surface area contributed by atoms with Crippen LogP contribution in [0.15, 0.2) is 42.6 Å². The van der Waals surface area contributed by atoms with Gasteiger partial charge < -0.3 is 15.0 Å². The molecule has 3 aromatic rings. The first-order valence-electron chi connectivity index (χ1n) is 13.7. The average Bonchev–Trinajstić information content (AvgIpc) is 3.35. The van der Waals surface area contributed by atoms with Crippen LogP contribution in [-0.4, -0.2) is 65.6 Å². The molecule has 1 aliphatic rings. The van der Waals surface area contributed by atoms with Crippen LogP contribution in [0.5, 0.6) is 0 Å². The summed E-state index contributed by atoms with van der Waals surface area (Å²) in [6.07, 6.45) is -3.67. The standard InChI is InChI=1S/C31H34F3N5O3S/c1-20-6-7-22(16-21(20)9-11-25-18-35-28(43-25)37-29(41)42-30(2,3)4)27(40)36-24-10-8-23(26(17-24)31(32,33)34)19-39-14-12-38(5)13-15-39/h6-8,10,16-18H,12-15,19H2,1-5H3,(H,36,40)(H,35,37,41). The van der Waals surface area contributed by atoms with E-state index in [0.717, 1.165) is 24.7 Å². The van der Waals surface area contributed by atoms with Crippen molar-refractivity contribution in [2.75, 3.05) is 43.9 Å². The molecule has 2 N–H and O–H groups in total. The Labute approximate surface area is 253 Å². The molecule has 0 aliphatic carbocycles. The second-order valence-electron chi connectivity index (χ2n) is 11.3. The van der Waals surface area contributed by atoms with Crippen molar-refractivity contribution in [1.29, 1.82) is 0 Å². The van der Waals surface area contributed by atoms with Crippen LogP contribution in [0.1, 0.15) is 58.3 Å². The third kappa shape index (κ3) is 9.28. The average molecular weight is 614 g/mol. The van der Waals surface area contributed by atoms with E-state index in [9.17, 15) is 22.8 Å². The van der Waals surface area contributed by atoms with Gasteiger partial charge in [-0.1, -0.05) is 29.4 Å². The number of hydrogen-bond acceptors (Lipinski definition) is 7. The fourth-order valence-electron chi connectivity index (χ4n) is 4.31. The molecule has 0 radical (unpaired) electrons. The highest BCUT2D eigenvalue weighted by atomic mass is 32.1. The molecule has 12 heteroatoms. The van der Waals surface area contributed by atoms with Gasteiger partial charge in [0.1, 0.15) is 5.60 Å². The summed E-state index contributed by atoms with van der Waals surface area (Å²) in [4.78, 5) is 33.9. The molecule has 1 saturated heterocycles. The van der Waals surface area contributed by atoms with Crippen molar-refractivity contribution >= 4 is 34.2 Å². The minimum atomic E-state index is -4.56. The molecule has 1 aliphatic heterocycles. The van der Waals surface area contributed by atoms with Gasteiger partial charge in [-0.25, -0.2) is 9.78 Å². The van der Waals surface area contributed by atoms with E-state index in [1.165, 1.54) is 29.7 Å². The van der Waals surface area contributed by atoms with Crippen molar-refractivity contribution < 1.29 is 27.5 Å². The first-order valence-corrected chi connectivity index (χ1v) is 14.5. The van der Waals surface area contributed by atoms with Crippen LogP contribution >= 0.6 is 11.3 Å². The molecule has 228 valence electrons. The zero-order valence-electron chi connectivity index (χ0n) is 24.7. The third-order valence-corrected chi connectivity index (χ3v) is 7.42. The number of ether oxygens (including phenoxy) is 1. The summed E-state index contributed by atoms with van der Waals surface area (Å²) in [5.74, 6) is 5.44. The van der Waals surface area contributed by atoms with Crippen LogP contribution in [0.2, 0.25) is 0 Å². The summed E-state index contributed by atoms with van der Waals surface area (Å²) in [6.45, 7) is 10.3. The van der Waals surface area contributed by atoms with E-state index < -0.39 is 29.3 Å². The predicted octanol–water partition coefficient (Wildman–Crippen LogP) is 6.22. The Hall–Kier alpha value is -3.92. The SMILES string of the molecule is Cc1ccc(C(=O)Nc2ccc(CN3CCN(C)CC3)c(C(F)(F)F)c2)cc1C#Cc1cnc(NC(=O)OC(C)(C)C)s1. The number of aryl methyl sites for hydroxylation is 1. The molecule has 1 aromatic heterocycles. The number of alkyl halides is 3. The zero-order chi connectivity index (χ0) is 31.4. The fourth-order valence-corrected chi connectivity index (χ4v) is 4.97. The summed E-state index contributed by atoms with van der Waals surface area (Å²) in [5.41, 5.74) is 0.464. The van der Waals surface area contributed by atoms with Gasteiger partial charge >= 0.3 is 12.3 Å². The van der Waals surface area contributed by atoms with Crippen LogP contribution < -0.4 is 10.6 Å². The van der Waals surface area contributed by atoms with Crippen molar-refractivity contribution in [1.82, 2.24) is 14.8 Å². The topological polar surface area (TPSA) is 86.8 Å². The number of hydrogen-bond donors (Lipinski definition) is 2. The molecule has 0 spiro atoms. The number of carbonyl (C=O) groups is 2. The molecule has 2 aromatic carbocycles. The number of likely N-dealkylation sites (N-methyl/N-ethyl adjacent to an activating group) is 1. The number of rotatable bonds is 5. The van der Waals surface area contributed by atoms with Gasteiger partial charge in [0.05, 0.1) is 16.6 Å². The molecule has 2 heterocycles. The first kappa shape index (κ1) is 32.0. The Morgan fingerprint density at radius 3 is 2.42 bits per heavy atom. The van der Waals surface area contributed by atoms with Crippen molar-refractivity contribution in [3.63, 3.8) is 0 Å². The lowest BCUT2D eigenvalue weighted by Gasteiger charge is -2.33. The minimum absolute atomic E-state index is 0.0577. The van der Waals surface area contributed by atoms with Gasteiger partial charge in [-0.3, -0.25) is 15.0 Å². The molecule has 2 amide bonds. The molecule has 8 nitrogen and oxygen atoms in total. The molecular weight excluding hydrogens is 579 g/mol. The number of benzene rings is 2. The summed E-state index contributed by atoms with van der Waals surface area (Å²) in [5, 5.41) is 5.49. The quantitative estimate of drug-likeness (QED) is 0.333. The smallest absolute Gasteiger partial charge is 0.416 e. The molecule has 0 saturated carbocycles. The van der Waals surface area contributed by atoms with Gasteiger partial charge in [-0.05, 0) is 76.1 Å². The number of thiazole rings is 1. The number of halogens is 3. The lowest BCUT2D eigenvalue weighted by atomic mass is 10.0. The van der Waals surface area contributed by atoms with E-state index in [1.807, 2.05) is 18.9 Å². The monoisotopic (exact) mass is 613 g/mol. The molecule has 0 bridgehead atoms. The number of amides is 2. The maximum Gasteiger partial charge on any atom is 0.416 e. The highest BCUT2D eigenvalue weighted by Gasteiger charge is 2.34. The first-order chi connectivity index (χ1) is 20.2. The zero-order valence-corrected chi connectivity index (χ0v) is 25.5. The molecule has 1 fully saturated rings. The predicted molar refractivity (Wildman–Crippen MR) is 161 cm³/mol. The van der Waals surface area contributed by atoms with Crippen molar-refractivity contribution in [2.24, 2.45) is 0 Å². The summed E-state index contributed by atoms with van der Waals surface area (Å²) < 4.78 is 47.1. The van der Waals surface area contributed by atoms with Crippen molar-refractivity contribution in [3.05, 3.63) is 75.3 Å². The summed E-state index contributed by atoms with van der Waals surface area (Å²) in [6, 6.07) is 8.83. The lowest BCUT2D eigenvalue weighted by Crippen LogP contribution is -2.44. The lowest BCUT2D eigenvalue weighted by molar-refractivity contribution is -0.138. The van der Waals surface area contributed by atoms with Gasteiger partial charge in [-0.2, -0.15) is 13.2 Å². The molecular formula is C31H34F3N5O3S.